The van der Waals surface area contributed by atoms with Crippen LogP contribution in [-0.2, 0) is 12.7 Å². The van der Waals surface area contributed by atoms with Gasteiger partial charge in [0.25, 0.3) is 0 Å². The molecule has 3 aromatic rings. The highest BCUT2D eigenvalue weighted by molar-refractivity contribution is 5.84. The van der Waals surface area contributed by atoms with E-state index in [0.29, 0.717) is 29.9 Å². The summed E-state index contributed by atoms with van der Waals surface area (Å²) in [4.78, 5) is 16.7. The van der Waals surface area contributed by atoms with Crippen LogP contribution in [0.3, 0.4) is 0 Å². The fraction of sp³-hybridized carbons (Fsp3) is 0.304. The van der Waals surface area contributed by atoms with Gasteiger partial charge < -0.3 is 14.4 Å². The molecule has 0 spiro atoms. The summed E-state index contributed by atoms with van der Waals surface area (Å²) in [6.45, 7) is 2.90. The van der Waals surface area contributed by atoms with E-state index in [1.165, 1.54) is 18.3 Å². The average molecular weight is 444 g/mol. The van der Waals surface area contributed by atoms with Crippen LogP contribution in [0, 0.1) is 17.1 Å². The second kappa shape index (κ2) is 8.28. The topological polar surface area (TPSA) is 52.3 Å². The van der Waals surface area contributed by atoms with E-state index >= 15 is 0 Å². The first-order chi connectivity index (χ1) is 15.2. The van der Waals surface area contributed by atoms with Gasteiger partial charge in [-0.1, -0.05) is 12.1 Å². The second-order valence-electron chi connectivity index (χ2n) is 7.92. The predicted molar refractivity (Wildman–Crippen MR) is 113 cm³/mol. The lowest BCUT2D eigenvalue weighted by Crippen LogP contribution is -2.44. The molecule has 166 valence electrons. The number of halogens is 4. The number of piperazine rings is 1. The average Bonchev–Trinajstić information content (AvgIpc) is 2.76. The molecule has 1 saturated heterocycles. The minimum Gasteiger partial charge on any atom is -0.367 e. The van der Waals surface area contributed by atoms with Gasteiger partial charge in [0, 0.05) is 38.9 Å². The van der Waals surface area contributed by atoms with Gasteiger partial charge in [0.05, 0.1) is 22.2 Å². The Labute approximate surface area is 181 Å². The maximum absolute atomic E-state index is 14.9. The summed E-state index contributed by atoms with van der Waals surface area (Å²) in [5.41, 5.74) is -0.160. The molecule has 0 atom stereocenters. The molecule has 0 bridgehead atoms. The zero-order chi connectivity index (χ0) is 23.0. The monoisotopic (exact) mass is 444 g/mol. The van der Waals surface area contributed by atoms with Crippen LogP contribution in [0.4, 0.5) is 23.2 Å². The number of nitriles is 1. The molecule has 0 N–H and O–H groups in total. The molecule has 1 fully saturated rings. The van der Waals surface area contributed by atoms with Crippen molar-refractivity contribution in [1.82, 2.24) is 9.47 Å². The Morgan fingerprint density at radius 2 is 1.72 bits per heavy atom. The zero-order valence-electron chi connectivity index (χ0n) is 17.3. The highest BCUT2D eigenvalue weighted by Gasteiger charge is 2.30. The van der Waals surface area contributed by atoms with Crippen molar-refractivity contribution in [3.8, 4) is 6.07 Å². The van der Waals surface area contributed by atoms with Crippen LogP contribution in [0.15, 0.2) is 47.4 Å². The van der Waals surface area contributed by atoms with Crippen LogP contribution in [0.2, 0.25) is 0 Å². The molecule has 2 heterocycles. The molecule has 32 heavy (non-hydrogen) atoms. The van der Waals surface area contributed by atoms with Crippen molar-refractivity contribution >= 4 is 16.6 Å². The van der Waals surface area contributed by atoms with Crippen LogP contribution in [0.1, 0.15) is 16.7 Å². The van der Waals surface area contributed by atoms with Gasteiger partial charge in [0.15, 0.2) is 0 Å². The summed E-state index contributed by atoms with van der Waals surface area (Å²) in [5, 5.41) is 9.41. The minimum atomic E-state index is -4.44. The van der Waals surface area contributed by atoms with Crippen molar-refractivity contribution in [3.05, 3.63) is 75.3 Å². The summed E-state index contributed by atoms with van der Waals surface area (Å²) in [5.74, 6) is -0.546. The third-order valence-corrected chi connectivity index (χ3v) is 5.75. The molecule has 9 heteroatoms. The summed E-state index contributed by atoms with van der Waals surface area (Å²) < 4.78 is 55.1. The molecule has 0 amide bonds. The predicted octanol–water partition coefficient (Wildman–Crippen LogP) is 3.83. The van der Waals surface area contributed by atoms with E-state index in [1.54, 1.807) is 10.6 Å². The van der Waals surface area contributed by atoms with Crippen LogP contribution < -0.4 is 10.3 Å². The van der Waals surface area contributed by atoms with Crippen molar-refractivity contribution in [1.29, 1.82) is 5.26 Å². The highest BCUT2D eigenvalue weighted by Crippen LogP contribution is 2.30. The van der Waals surface area contributed by atoms with E-state index in [9.17, 15) is 27.6 Å². The smallest absolute Gasteiger partial charge is 0.367 e. The number of anilines is 1. The highest BCUT2D eigenvalue weighted by atomic mass is 19.4. The first kappa shape index (κ1) is 21.8. The molecule has 0 aliphatic carbocycles. The van der Waals surface area contributed by atoms with Gasteiger partial charge in [0.1, 0.15) is 17.4 Å². The first-order valence-corrected chi connectivity index (χ1v) is 10.0. The summed E-state index contributed by atoms with van der Waals surface area (Å²) in [6.07, 6.45) is -3.07. The molecule has 1 aliphatic rings. The number of nitrogens with zero attached hydrogens (tertiary/aromatic N) is 4. The van der Waals surface area contributed by atoms with Crippen molar-refractivity contribution < 1.29 is 17.6 Å². The molecule has 1 aliphatic heterocycles. The van der Waals surface area contributed by atoms with Crippen molar-refractivity contribution in [2.75, 3.05) is 38.1 Å². The van der Waals surface area contributed by atoms with Crippen LogP contribution in [0.25, 0.3) is 10.9 Å². The van der Waals surface area contributed by atoms with E-state index in [0.717, 1.165) is 31.3 Å². The molecule has 1 aromatic heterocycles. The van der Waals surface area contributed by atoms with Crippen LogP contribution in [0.5, 0.6) is 0 Å². The SMILES string of the molecule is CN1CCN(c2cc3c(cc2F)c(=O)c(C#N)cn3Cc2ccc(C(F)(F)F)cc2)CC1. The zero-order valence-corrected chi connectivity index (χ0v) is 17.3. The van der Waals surface area contributed by atoms with E-state index in [4.69, 9.17) is 0 Å². The lowest BCUT2D eigenvalue weighted by atomic mass is 10.1. The summed E-state index contributed by atoms with van der Waals surface area (Å²) in [7, 11) is 1.99. The maximum Gasteiger partial charge on any atom is 0.416 e. The largest absolute Gasteiger partial charge is 0.416 e. The lowest BCUT2D eigenvalue weighted by Gasteiger charge is -2.34. The van der Waals surface area contributed by atoms with Crippen LogP contribution in [-0.4, -0.2) is 42.7 Å². The van der Waals surface area contributed by atoms with Crippen molar-refractivity contribution in [3.63, 3.8) is 0 Å². The maximum atomic E-state index is 14.9. The molecule has 5 nitrogen and oxygen atoms in total. The molecule has 0 radical (unpaired) electrons. The van der Waals surface area contributed by atoms with E-state index in [-0.39, 0.29) is 17.5 Å². The summed E-state index contributed by atoms with van der Waals surface area (Å²) in [6, 6.07) is 9.23. The third kappa shape index (κ3) is 4.18. The standard InChI is InChI=1S/C23H20F4N4O/c1-29-6-8-30(9-7-29)21-11-20-18(10-19(21)24)22(32)16(12-28)14-31(20)13-15-2-4-17(5-3-15)23(25,26)27/h2-5,10-11,14H,6-9,13H2,1H3. The normalized spacial score (nSPS) is 15.2. The van der Waals surface area contributed by atoms with Gasteiger partial charge in [-0.25, -0.2) is 4.39 Å². The number of benzene rings is 2. The number of alkyl halides is 3. The van der Waals surface area contributed by atoms with Gasteiger partial charge in [-0.3, -0.25) is 4.79 Å². The minimum absolute atomic E-state index is 0.0614. The van der Waals surface area contributed by atoms with Gasteiger partial charge in [0.2, 0.25) is 5.43 Å². The lowest BCUT2D eigenvalue weighted by molar-refractivity contribution is -0.137. The molecule has 4 rings (SSSR count). The Hall–Kier alpha value is -3.38. The van der Waals surface area contributed by atoms with E-state index in [1.807, 2.05) is 18.0 Å². The molecule has 0 unspecified atom stereocenters. The number of hydrogen-bond donors (Lipinski definition) is 0. The summed E-state index contributed by atoms with van der Waals surface area (Å²) >= 11 is 0. The van der Waals surface area contributed by atoms with Gasteiger partial charge >= 0.3 is 6.18 Å². The number of aromatic nitrogens is 1. The first-order valence-electron chi connectivity index (χ1n) is 10.0. The van der Waals surface area contributed by atoms with Crippen molar-refractivity contribution in [2.24, 2.45) is 0 Å². The number of pyridine rings is 1. The van der Waals surface area contributed by atoms with Gasteiger partial charge in [-0.2, -0.15) is 18.4 Å². The Bertz CT molecular complexity index is 1250. The quantitative estimate of drug-likeness (QED) is 0.577. The second-order valence-corrected chi connectivity index (χ2v) is 7.92. The third-order valence-electron chi connectivity index (χ3n) is 5.75. The number of rotatable bonds is 3. The van der Waals surface area contributed by atoms with Gasteiger partial charge in [-0.05, 0) is 36.9 Å². The van der Waals surface area contributed by atoms with E-state index in [2.05, 4.69) is 4.90 Å². The molecule has 2 aromatic carbocycles. The number of hydrogen-bond acceptors (Lipinski definition) is 4. The Balaban J connectivity index is 1.80. The fourth-order valence-corrected chi connectivity index (χ4v) is 3.90. The Morgan fingerprint density at radius 1 is 1.06 bits per heavy atom. The van der Waals surface area contributed by atoms with E-state index < -0.39 is 23.0 Å². The Kier molecular flexibility index (Phi) is 5.65. The molecular formula is C23H20F4N4O. The number of likely N-dealkylation sites (N-methyl/N-ethyl adjacent to an activating group) is 1. The van der Waals surface area contributed by atoms with Crippen molar-refractivity contribution in [2.45, 2.75) is 12.7 Å². The van der Waals surface area contributed by atoms with Gasteiger partial charge in [-0.15, -0.1) is 0 Å². The molecule has 0 saturated carbocycles. The fourth-order valence-electron chi connectivity index (χ4n) is 3.90. The van der Waals surface area contributed by atoms with Crippen LogP contribution >= 0.6 is 0 Å². The number of fused-ring (bicyclic) bond motifs is 1. The Morgan fingerprint density at radius 3 is 2.31 bits per heavy atom. The molecular weight excluding hydrogens is 424 g/mol.